The van der Waals surface area contributed by atoms with Crippen molar-refractivity contribution in [3.63, 3.8) is 0 Å². The van der Waals surface area contributed by atoms with Gasteiger partial charge in [0.2, 0.25) is 0 Å². The fourth-order valence-electron chi connectivity index (χ4n) is 2.37. The molecule has 0 atom stereocenters. The lowest BCUT2D eigenvalue weighted by molar-refractivity contribution is 0.602. The summed E-state index contributed by atoms with van der Waals surface area (Å²) in [7, 11) is -3.32. The van der Waals surface area contributed by atoms with Crippen molar-refractivity contribution >= 4 is 37.2 Å². The number of imidazole rings is 1. The number of sulfone groups is 1. The van der Waals surface area contributed by atoms with Crippen molar-refractivity contribution in [3.8, 4) is 11.4 Å². The molecular weight excluding hydrogens is 306 g/mol. The highest BCUT2D eigenvalue weighted by atomic mass is 32.2. The number of anilines is 1. The second-order valence-electron chi connectivity index (χ2n) is 5.03. The van der Waals surface area contributed by atoms with E-state index in [0.717, 1.165) is 16.0 Å². The molecule has 0 unspecified atom stereocenters. The molecule has 2 heterocycles. The van der Waals surface area contributed by atoms with Crippen molar-refractivity contribution in [2.45, 2.75) is 18.7 Å². The van der Waals surface area contributed by atoms with Crippen molar-refractivity contribution in [3.05, 3.63) is 28.6 Å². The van der Waals surface area contributed by atoms with Crippen LogP contribution < -0.4 is 5.73 Å². The number of nitrogen functional groups attached to an aromatic ring is 1. The molecule has 3 N–H and O–H groups in total. The molecule has 0 bridgehead atoms. The number of aromatic amines is 1. The third kappa shape index (κ3) is 2.22. The van der Waals surface area contributed by atoms with Gasteiger partial charge in [-0.2, -0.15) is 0 Å². The molecule has 0 aliphatic heterocycles. The van der Waals surface area contributed by atoms with Crippen LogP contribution in [0.25, 0.3) is 22.4 Å². The molecule has 0 saturated heterocycles. The Balaban J connectivity index is 2.32. The lowest BCUT2D eigenvalue weighted by Gasteiger charge is -1.98. The second-order valence-corrected chi connectivity index (χ2v) is 8.27. The van der Waals surface area contributed by atoms with Gasteiger partial charge in [-0.25, -0.2) is 13.4 Å². The van der Waals surface area contributed by atoms with Gasteiger partial charge in [0.05, 0.1) is 21.0 Å². The van der Waals surface area contributed by atoms with Crippen molar-refractivity contribution in [1.82, 2.24) is 9.97 Å². The van der Waals surface area contributed by atoms with Gasteiger partial charge in [0.25, 0.3) is 0 Å². The van der Waals surface area contributed by atoms with Gasteiger partial charge < -0.3 is 10.7 Å². The predicted octanol–water partition coefficient (Wildman–Crippen LogP) is 2.89. The van der Waals surface area contributed by atoms with Crippen molar-refractivity contribution < 1.29 is 8.42 Å². The zero-order valence-corrected chi connectivity index (χ0v) is 13.5. The topological polar surface area (TPSA) is 88.8 Å². The minimum atomic E-state index is -3.32. The molecule has 0 aliphatic carbocycles. The molecular formula is C14H15N3O2S2. The minimum absolute atomic E-state index is 0.227. The molecule has 1 aromatic carbocycles. The van der Waals surface area contributed by atoms with Crippen LogP contribution in [0.1, 0.15) is 10.4 Å². The molecule has 0 fully saturated rings. The Hall–Kier alpha value is -1.86. The van der Waals surface area contributed by atoms with Crippen LogP contribution in [0.4, 0.5) is 5.00 Å². The summed E-state index contributed by atoms with van der Waals surface area (Å²) in [6.07, 6.45) is 1.18. The molecule has 0 spiro atoms. The summed E-state index contributed by atoms with van der Waals surface area (Å²) in [4.78, 5) is 9.01. The number of rotatable bonds is 2. The van der Waals surface area contributed by atoms with E-state index in [2.05, 4.69) is 9.97 Å². The first kappa shape index (κ1) is 14.1. The first-order chi connectivity index (χ1) is 9.79. The summed E-state index contributed by atoms with van der Waals surface area (Å²) in [6.45, 7) is 3.99. The van der Waals surface area contributed by atoms with E-state index in [9.17, 15) is 8.42 Å². The van der Waals surface area contributed by atoms with Gasteiger partial charge in [0.15, 0.2) is 9.84 Å². The van der Waals surface area contributed by atoms with E-state index in [-0.39, 0.29) is 4.90 Å². The maximum atomic E-state index is 11.9. The lowest BCUT2D eigenvalue weighted by Crippen LogP contribution is -1.97. The molecule has 0 amide bonds. The van der Waals surface area contributed by atoms with Crippen LogP contribution >= 0.6 is 11.3 Å². The summed E-state index contributed by atoms with van der Waals surface area (Å²) in [6, 6.07) is 5.08. The first-order valence-electron chi connectivity index (χ1n) is 6.33. The highest BCUT2D eigenvalue weighted by Gasteiger charge is 2.19. The largest absolute Gasteiger partial charge is 0.390 e. The highest BCUT2D eigenvalue weighted by Crippen LogP contribution is 2.37. The molecule has 3 rings (SSSR count). The predicted molar refractivity (Wildman–Crippen MR) is 86.4 cm³/mol. The maximum Gasteiger partial charge on any atom is 0.177 e. The third-order valence-electron chi connectivity index (χ3n) is 3.52. The maximum absolute atomic E-state index is 11.9. The van der Waals surface area contributed by atoms with Gasteiger partial charge in [-0.05, 0) is 31.5 Å². The molecule has 3 aromatic rings. The van der Waals surface area contributed by atoms with Gasteiger partial charge >= 0.3 is 0 Å². The number of H-pyrrole nitrogens is 1. The normalized spacial score (nSPS) is 12.1. The molecule has 5 nitrogen and oxygen atoms in total. The van der Waals surface area contributed by atoms with E-state index in [4.69, 9.17) is 5.73 Å². The number of hydrogen-bond acceptors (Lipinski definition) is 5. The van der Waals surface area contributed by atoms with Crippen molar-refractivity contribution in [2.75, 3.05) is 12.0 Å². The fourth-order valence-corrected chi connectivity index (χ4v) is 4.14. The van der Waals surface area contributed by atoms with Crippen molar-refractivity contribution in [2.24, 2.45) is 0 Å². The number of benzene rings is 1. The number of para-hydroxylation sites is 1. The van der Waals surface area contributed by atoms with Crippen molar-refractivity contribution in [1.29, 1.82) is 0 Å². The number of nitrogens with two attached hydrogens (primary N) is 1. The fraction of sp³-hybridized carbons (Fsp3) is 0.214. The summed E-state index contributed by atoms with van der Waals surface area (Å²) < 4.78 is 23.7. The Bertz CT molecular complexity index is 952. The highest BCUT2D eigenvalue weighted by molar-refractivity contribution is 7.91. The Kier molecular flexibility index (Phi) is 3.07. The number of thiophene rings is 1. The van der Waals surface area contributed by atoms with Crippen LogP contribution in [-0.4, -0.2) is 24.6 Å². The standard InChI is InChI=1S/C14H15N3O2S2/c1-7-8(2)20-13(15)11(7)14-16-9-5-4-6-10(12(9)17-14)21(3,18)19/h4-6H,15H2,1-3H3,(H,16,17). The number of aryl methyl sites for hydroxylation is 1. The second kappa shape index (κ2) is 4.57. The average Bonchev–Trinajstić information content (AvgIpc) is 2.89. The molecule has 0 radical (unpaired) electrons. The van der Waals surface area contributed by atoms with Gasteiger partial charge in [-0.15, -0.1) is 11.3 Å². The van der Waals surface area contributed by atoms with E-state index in [0.29, 0.717) is 21.9 Å². The van der Waals surface area contributed by atoms with Gasteiger partial charge in [-0.1, -0.05) is 6.07 Å². The Labute approximate surface area is 126 Å². The van der Waals surface area contributed by atoms with Crippen LogP contribution in [0.3, 0.4) is 0 Å². The third-order valence-corrected chi connectivity index (χ3v) is 5.69. The monoisotopic (exact) mass is 321 g/mol. The summed E-state index contributed by atoms with van der Waals surface area (Å²) in [5.41, 5.74) is 9.13. The van der Waals surface area contributed by atoms with Gasteiger partial charge in [0, 0.05) is 11.1 Å². The van der Waals surface area contributed by atoms with E-state index in [1.54, 1.807) is 12.1 Å². The van der Waals surface area contributed by atoms with E-state index < -0.39 is 9.84 Å². The number of fused-ring (bicyclic) bond motifs is 1. The van der Waals surface area contributed by atoms with E-state index in [1.807, 2.05) is 19.9 Å². The quantitative estimate of drug-likeness (QED) is 0.759. The number of nitrogens with one attached hydrogen (secondary N) is 1. The SMILES string of the molecule is Cc1sc(N)c(-c2nc3c(S(C)(=O)=O)cccc3[nH]2)c1C. The molecule has 7 heteroatoms. The van der Waals surface area contributed by atoms with Gasteiger partial charge in [0.1, 0.15) is 11.3 Å². The van der Waals surface area contributed by atoms with Crippen LogP contribution in [0.2, 0.25) is 0 Å². The van der Waals surface area contributed by atoms with Crippen LogP contribution in [0.5, 0.6) is 0 Å². The van der Waals surface area contributed by atoms with E-state index >= 15 is 0 Å². The molecule has 0 aliphatic rings. The zero-order chi connectivity index (χ0) is 15.4. The van der Waals surface area contributed by atoms with Crippen LogP contribution in [0, 0.1) is 13.8 Å². The average molecular weight is 321 g/mol. The van der Waals surface area contributed by atoms with Gasteiger partial charge in [-0.3, -0.25) is 0 Å². The Morgan fingerprint density at radius 1 is 1.29 bits per heavy atom. The number of aromatic nitrogens is 2. The minimum Gasteiger partial charge on any atom is -0.390 e. The Morgan fingerprint density at radius 3 is 2.57 bits per heavy atom. The van der Waals surface area contributed by atoms with Crippen LogP contribution in [-0.2, 0) is 9.84 Å². The first-order valence-corrected chi connectivity index (χ1v) is 9.04. The Morgan fingerprint density at radius 2 is 2.00 bits per heavy atom. The number of hydrogen-bond donors (Lipinski definition) is 2. The smallest absolute Gasteiger partial charge is 0.177 e. The molecule has 21 heavy (non-hydrogen) atoms. The van der Waals surface area contributed by atoms with E-state index in [1.165, 1.54) is 17.6 Å². The molecule has 2 aromatic heterocycles. The summed E-state index contributed by atoms with van der Waals surface area (Å²) in [5.74, 6) is 0.612. The summed E-state index contributed by atoms with van der Waals surface area (Å²) >= 11 is 1.51. The molecule has 110 valence electrons. The summed E-state index contributed by atoms with van der Waals surface area (Å²) in [5, 5.41) is 0.685. The van der Waals surface area contributed by atoms with Crippen LogP contribution in [0.15, 0.2) is 23.1 Å². The molecule has 0 saturated carbocycles. The zero-order valence-electron chi connectivity index (χ0n) is 11.9. The lowest BCUT2D eigenvalue weighted by atomic mass is 10.1. The number of nitrogens with zero attached hydrogens (tertiary/aromatic N) is 1.